The normalized spacial score (nSPS) is 26.3. The highest BCUT2D eigenvalue weighted by Crippen LogP contribution is 2.18. The summed E-state index contributed by atoms with van der Waals surface area (Å²) in [5.74, 6) is 0.874. The van der Waals surface area contributed by atoms with Crippen molar-refractivity contribution in [1.29, 1.82) is 0 Å². The van der Waals surface area contributed by atoms with Gasteiger partial charge in [-0.25, -0.2) is 0 Å². The Hall–Kier alpha value is -0.120. The lowest BCUT2D eigenvalue weighted by Crippen LogP contribution is -2.44. The van der Waals surface area contributed by atoms with Gasteiger partial charge >= 0.3 is 0 Å². The van der Waals surface area contributed by atoms with Gasteiger partial charge in [-0.2, -0.15) is 0 Å². The van der Waals surface area contributed by atoms with E-state index in [0.29, 0.717) is 6.04 Å². The minimum Gasteiger partial charge on any atom is -0.390 e. The molecule has 1 saturated carbocycles. The predicted molar refractivity (Wildman–Crippen MR) is 75.7 cm³/mol. The highest BCUT2D eigenvalue weighted by Gasteiger charge is 2.19. The van der Waals surface area contributed by atoms with Gasteiger partial charge in [0.15, 0.2) is 0 Å². The maximum atomic E-state index is 10.1. The molecular formula is C15H30N2O. The van der Waals surface area contributed by atoms with E-state index in [0.717, 1.165) is 19.0 Å². The maximum absolute atomic E-state index is 10.1. The molecule has 0 amide bonds. The van der Waals surface area contributed by atoms with E-state index in [2.05, 4.69) is 17.1 Å². The summed E-state index contributed by atoms with van der Waals surface area (Å²) in [5.41, 5.74) is 0. The van der Waals surface area contributed by atoms with Gasteiger partial charge in [0.2, 0.25) is 0 Å². The van der Waals surface area contributed by atoms with Gasteiger partial charge < -0.3 is 15.3 Å². The molecule has 3 nitrogen and oxygen atoms in total. The summed E-state index contributed by atoms with van der Waals surface area (Å²) in [6.07, 6.45) is 9.11. The topological polar surface area (TPSA) is 35.5 Å². The molecule has 2 fully saturated rings. The molecule has 3 heteroatoms. The molecule has 1 aliphatic heterocycles. The van der Waals surface area contributed by atoms with Gasteiger partial charge in [0.05, 0.1) is 6.10 Å². The molecule has 106 valence electrons. The lowest BCUT2D eigenvalue weighted by Gasteiger charge is -2.32. The lowest BCUT2D eigenvalue weighted by atomic mass is 9.95. The average molecular weight is 254 g/mol. The first-order chi connectivity index (χ1) is 8.74. The van der Waals surface area contributed by atoms with E-state index in [1.807, 2.05) is 0 Å². The Morgan fingerprint density at radius 3 is 2.44 bits per heavy atom. The molecule has 18 heavy (non-hydrogen) atoms. The molecular weight excluding hydrogens is 224 g/mol. The van der Waals surface area contributed by atoms with Crippen LogP contribution in [0.15, 0.2) is 0 Å². The van der Waals surface area contributed by atoms with Gasteiger partial charge in [0, 0.05) is 19.1 Å². The Morgan fingerprint density at radius 2 is 1.78 bits per heavy atom. The smallest absolute Gasteiger partial charge is 0.0791 e. The van der Waals surface area contributed by atoms with Crippen molar-refractivity contribution in [3.8, 4) is 0 Å². The molecule has 0 aromatic rings. The van der Waals surface area contributed by atoms with Gasteiger partial charge in [-0.05, 0) is 44.7 Å². The molecule has 0 aromatic carbocycles. The number of likely N-dealkylation sites (tertiary alicyclic amines) is 1. The Balaban J connectivity index is 1.58. The zero-order valence-corrected chi connectivity index (χ0v) is 11.9. The van der Waals surface area contributed by atoms with Crippen LogP contribution >= 0.6 is 0 Å². The fourth-order valence-electron chi connectivity index (χ4n) is 3.22. The standard InChI is InChI=1S/C15H30N2O/c1-13-7-9-17(10-8-13)12-15(18)11-16-14-5-3-2-4-6-14/h13-16,18H,2-12H2,1H3. The Morgan fingerprint density at radius 1 is 1.11 bits per heavy atom. The van der Waals surface area contributed by atoms with Crippen molar-refractivity contribution in [2.45, 2.75) is 64.0 Å². The largest absolute Gasteiger partial charge is 0.390 e. The number of hydrogen-bond donors (Lipinski definition) is 2. The third-order valence-corrected chi connectivity index (χ3v) is 4.59. The van der Waals surface area contributed by atoms with Crippen LogP contribution in [0.4, 0.5) is 0 Å². The minimum absolute atomic E-state index is 0.194. The van der Waals surface area contributed by atoms with Crippen LogP contribution in [0, 0.1) is 5.92 Å². The van der Waals surface area contributed by atoms with Crippen molar-refractivity contribution in [3.63, 3.8) is 0 Å². The molecule has 2 aliphatic rings. The van der Waals surface area contributed by atoms with Gasteiger partial charge in [0.1, 0.15) is 0 Å². The summed E-state index contributed by atoms with van der Waals surface area (Å²) >= 11 is 0. The summed E-state index contributed by atoms with van der Waals surface area (Å²) in [6.45, 7) is 6.30. The number of nitrogens with zero attached hydrogens (tertiary/aromatic N) is 1. The van der Waals surface area contributed by atoms with Gasteiger partial charge in [-0.3, -0.25) is 0 Å². The monoisotopic (exact) mass is 254 g/mol. The number of aliphatic hydroxyl groups excluding tert-OH is 1. The fraction of sp³-hybridized carbons (Fsp3) is 1.00. The zero-order valence-electron chi connectivity index (χ0n) is 11.9. The molecule has 0 aromatic heterocycles. The van der Waals surface area contributed by atoms with Crippen molar-refractivity contribution < 1.29 is 5.11 Å². The van der Waals surface area contributed by atoms with Crippen LogP contribution in [0.2, 0.25) is 0 Å². The second kappa shape index (κ2) is 7.46. The molecule has 0 bridgehead atoms. The molecule has 2 N–H and O–H groups in total. The fourth-order valence-corrected chi connectivity index (χ4v) is 3.22. The second-order valence-electron chi connectivity index (χ2n) is 6.38. The van der Waals surface area contributed by atoms with E-state index in [9.17, 15) is 5.11 Å². The van der Waals surface area contributed by atoms with Crippen LogP contribution in [-0.2, 0) is 0 Å². The minimum atomic E-state index is -0.194. The van der Waals surface area contributed by atoms with Crippen molar-refractivity contribution >= 4 is 0 Å². The molecule has 1 atom stereocenters. The van der Waals surface area contributed by atoms with E-state index in [-0.39, 0.29) is 6.10 Å². The number of hydrogen-bond acceptors (Lipinski definition) is 3. The number of β-amino-alcohol motifs (C(OH)–C–C–N with tert-alkyl or cyclic N) is 1. The Kier molecular flexibility index (Phi) is 5.93. The average Bonchev–Trinajstić information content (AvgIpc) is 2.40. The third kappa shape index (κ3) is 4.87. The molecule has 1 aliphatic carbocycles. The van der Waals surface area contributed by atoms with Gasteiger partial charge in [-0.15, -0.1) is 0 Å². The highest BCUT2D eigenvalue weighted by molar-refractivity contribution is 4.76. The SMILES string of the molecule is CC1CCN(CC(O)CNC2CCCCC2)CC1. The van der Waals surface area contributed by atoms with Gasteiger partial charge in [0.25, 0.3) is 0 Å². The van der Waals surface area contributed by atoms with Crippen molar-refractivity contribution in [1.82, 2.24) is 10.2 Å². The van der Waals surface area contributed by atoms with E-state index < -0.39 is 0 Å². The molecule has 0 spiro atoms. The Labute approximate surface area is 112 Å². The summed E-state index contributed by atoms with van der Waals surface area (Å²) in [6, 6.07) is 0.662. The maximum Gasteiger partial charge on any atom is 0.0791 e. The van der Waals surface area contributed by atoms with Crippen LogP contribution in [-0.4, -0.2) is 48.3 Å². The second-order valence-corrected chi connectivity index (χ2v) is 6.38. The van der Waals surface area contributed by atoms with Crippen molar-refractivity contribution in [2.24, 2.45) is 5.92 Å². The van der Waals surface area contributed by atoms with Crippen LogP contribution in [0.25, 0.3) is 0 Å². The van der Waals surface area contributed by atoms with Crippen LogP contribution in [0.1, 0.15) is 51.9 Å². The van der Waals surface area contributed by atoms with E-state index in [4.69, 9.17) is 0 Å². The van der Waals surface area contributed by atoms with E-state index >= 15 is 0 Å². The summed E-state index contributed by atoms with van der Waals surface area (Å²) in [5, 5.41) is 13.6. The number of rotatable bonds is 5. The molecule has 1 heterocycles. The first kappa shape index (κ1) is 14.3. The first-order valence-corrected chi connectivity index (χ1v) is 7.88. The Bertz CT molecular complexity index is 221. The van der Waals surface area contributed by atoms with Crippen molar-refractivity contribution in [3.05, 3.63) is 0 Å². The highest BCUT2D eigenvalue weighted by atomic mass is 16.3. The van der Waals surface area contributed by atoms with Crippen molar-refractivity contribution in [2.75, 3.05) is 26.2 Å². The number of aliphatic hydroxyl groups is 1. The molecule has 2 rings (SSSR count). The number of nitrogens with one attached hydrogen (secondary N) is 1. The summed E-state index contributed by atoms with van der Waals surface area (Å²) in [7, 11) is 0. The third-order valence-electron chi connectivity index (χ3n) is 4.59. The molecule has 1 unspecified atom stereocenters. The van der Waals surface area contributed by atoms with E-state index in [1.54, 1.807) is 0 Å². The molecule has 1 saturated heterocycles. The lowest BCUT2D eigenvalue weighted by molar-refractivity contribution is 0.0876. The number of piperidine rings is 1. The van der Waals surface area contributed by atoms with Crippen LogP contribution < -0.4 is 5.32 Å². The first-order valence-electron chi connectivity index (χ1n) is 7.88. The summed E-state index contributed by atoms with van der Waals surface area (Å²) in [4.78, 5) is 2.42. The van der Waals surface area contributed by atoms with E-state index in [1.165, 1.54) is 58.0 Å². The van der Waals surface area contributed by atoms with Crippen LogP contribution in [0.5, 0.6) is 0 Å². The molecule has 0 radical (unpaired) electrons. The zero-order chi connectivity index (χ0) is 12.8. The quantitative estimate of drug-likeness (QED) is 0.788. The van der Waals surface area contributed by atoms with Crippen LogP contribution in [0.3, 0.4) is 0 Å². The van der Waals surface area contributed by atoms with Gasteiger partial charge in [-0.1, -0.05) is 26.2 Å². The summed E-state index contributed by atoms with van der Waals surface area (Å²) < 4.78 is 0. The predicted octanol–water partition coefficient (Wildman–Crippen LogP) is 2.00.